The maximum Gasteiger partial charge on any atom is 0.331 e. The highest BCUT2D eigenvalue weighted by Crippen LogP contribution is 2.14. The van der Waals surface area contributed by atoms with E-state index in [9.17, 15) is 14.7 Å². The van der Waals surface area contributed by atoms with E-state index in [1.807, 2.05) is 0 Å². The van der Waals surface area contributed by atoms with Gasteiger partial charge >= 0.3 is 5.97 Å². The molecule has 0 aliphatic carbocycles. The first-order valence-electron chi connectivity index (χ1n) is 6.83. The van der Waals surface area contributed by atoms with E-state index in [0.29, 0.717) is 5.56 Å². The highest BCUT2D eigenvalue weighted by atomic mass is 16.4. The van der Waals surface area contributed by atoms with Crippen LogP contribution in [0.25, 0.3) is 0 Å². The Kier molecular flexibility index (Phi) is 4.73. The molecule has 1 amide bonds. The van der Waals surface area contributed by atoms with Crippen LogP contribution in [0.2, 0.25) is 0 Å². The van der Waals surface area contributed by atoms with Gasteiger partial charge in [0.2, 0.25) is 5.91 Å². The fourth-order valence-corrected chi connectivity index (χ4v) is 2.37. The van der Waals surface area contributed by atoms with E-state index in [0.717, 1.165) is 32.2 Å². The predicted octanol–water partition coefficient (Wildman–Crippen LogP) is 0.194. The van der Waals surface area contributed by atoms with Crippen molar-refractivity contribution in [3.63, 3.8) is 0 Å². The lowest BCUT2D eigenvalue weighted by Gasteiger charge is -2.19. The van der Waals surface area contributed by atoms with E-state index in [1.54, 1.807) is 13.2 Å². The van der Waals surface area contributed by atoms with Gasteiger partial charge < -0.3 is 15.7 Å². The van der Waals surface area contributed by atoms with Crippen LogP contribution in [0.3, 0.4) is 0 Å². The monoisotopic (exact) mass is 280 g/mol. The van der Waals surface area contributed by atoms with Crippen molar-refractivity contribution in [1.82, 2.24) is 20.4 Å². The molecule has 0 aromatic carbocycles. The summed E-state index contributed by atoms with van der Waals surface area (Å²) in [7, 11) is 1.71. The molecule has 0 saturated carbocycles. The Hall–Kier alpha value is -1.89. The van der Waals surface area contributed by atoms with Gasteiger partial charge in [0.05, 0.1) is 12.2 Å². The van der Waals surface area contributed by atoms with Crippen molar-refractivity contribution in [3.8, 4) is 0 Å². The quantitative estimate of drug-likeness (QED) is 0.732. The molecule has 110 valence electrons. The molecule has 2 unspecified atom stereocenters. The third-order valence-corrected chi connectivity index (χ3v) is 3.47. The molecule has 2 atom stereocenters. The third-order valence-electron chi connectivity index (χ3n) is 3.47. The molecule has 1 saturated heterocycles. The molecule has 3 N–H and O–H groups in total. The number of carbonyl (C=O) groups excluding carboxylic acids is 1. The Morgan fingerprint density at radius 2 is 2.30 bits per heavy atom. The van der Waals surface area contributed by atoms with Gasteiger partial charge in [-0.15, -0.1) is 0 Å². The van der Waals surface area contributed by atoms with Crippen LogP contribution in [-0.4, -0.2) is 39.4 Å². The number of hydrogen-bond donors (Lipinski definition) is 3. The first-order chi connectivity index (χ1) is 9.58. The van der Waals surface area contributed by atoms with Crippen LogP contribution >= 0.6 is 0 Å². The summed E-state index contributed by atoms with van der Waals surface area (Å²) in [5.74, 6) is -1.34. The summed E-state index contributed by atoms with van der Waals surface area (Å²) in [5, 5.41) is 19.0. The number of amides is 1. The van der Waals surface area contributed by atoms with E-state index in [4.69, 9.17) is 0 Å². The van der Waals surface area contributed by atoms with Crippen molar-refractivity contribution < 1.29 is 14.7 Å². The Morgan fingerprint density at radius 1 is 1.50 bits per heavy atom. The lowest BCUT2D eigenvalue weighted by Crippen LogP contribution is -2.46. The summed E-state index contributed by atoms with van der Waals surface area (Å²) in [6.07, 6.45) is 6.93. The van der Waals surface area contributed by atoms with Gasteiger partial charge in [0.25, 0.3) is 0 Å². The molecule has 7 heteroatoms. The zero-order valence-electron chi connectivity index (χ0n) is 11.5. The Balaban J connectivity index is 2.04. The van der Waals surface area contributed by atoms with Crippen LogP contribution in [0, 0.1) is 0 Å². The minimum Gasteiger partial charge on any atom is -0.479 e. The molecule has 1 aliphatic rings. The van der Waals surface area contributed by atoms with Gasteiger partial charge in [-0.1, -0.05) is 12.8 Å². The standard InChI is InChI=1S/C13H20N4O3/c1-17-8-9(7-15-17)11(13(19)20)16-12(18)10-5-3-2-4-6-14-10/h7-8,10-11,14H,2-6H2,1H3,(H,16,18)(H,19,20). The largest absolute Gasteiger partial charge is 0.479 e. The summed E-state index contributed by atoms with van der Waals surface area (Å²) in [4.78, 5) is 23.5. The first kappa shape index (κ1) is 14.5. The SMILES string of the molecule is Cn1cc(C(NC(=O)C2CCCCCN2)C(=O)O)cn1. The maximum atomic E-state index is 12.2. The van der Waals surface area contributed by atoms with Crippen molar-refractivity contribution in [2.75, 3.05) is 6.54 Å². The van der Waals surface area contributed by atoms with E-state index >= 15 is 0 Å². The number of carbonyl (C=O) groups is 2. The maximum absolute atomic E-state index is 12.2. The fourth-order valence-electron chi connectivity index (χ4n) is 2.37. The summed E-state index contributed by atoms with van der Waals surface area (Å²) < 4.78 is 1.52. The zero-order chi connectivity index (χ0) is 14.5. The molecule has 1 fully saturated rings. The summed E-state index contributed by atoms with van der Waals surface area (Å²) in [6, 6.07) is -1.36. The Labute approximate surface area is 117 Å². The second-order valence-electron chi connectivity index (χ2n) is 5.08. The molecule has 1 aromatic heterocycles. The predicted molar refractivity (Wildman–Crippen MR) is 72.0 cm³/mol. The second kappa shape index (κ2) is 6.51. The normalized spacial score (nSPS) is 20.9. The minimum absolute atomic E-state index is 0.261. The number of nitrogens with zero attached hydrogens (tertiary/aromatic N) is 2. The molecule has 2 rings (SSSR count). The molecular formula is C13H20N4O3. The first-order valence-corrected chi connectivity index (χ1v) is 6.83. The lowest BCUT2D eigenvalue weighted by molar-refractivity contribution is -0.142. The number of aromatic nitrogens is 2. The van der Waals surface area contributed by atoms with Crippen molar-refractivity contribution >= 4 is 11.9 Å². The van der Waals surface area contributed by atoms with Crippen molar-refractivity contribution in [1.29, 1.82) is 0 Å². The number of aliphatic carboxylic acids is 1. The average Bonchev–Trinajstić information content (AvgIpc) is 2.67. The molecule has 7 nitrogen and oxygen atoms in total. The smallest absolute Gasteiger partial charge is 0.331 e. The van der Waals surface area contributed by atoms with Crippen LogP contribution in [-0.2, 0) is 16.6 Å². The van der Waals surface area contributed by atoms with Gasteiger partial charge in [-0.3, -0.25) is 9.48 Å². The highest BCUT2D eigenvalue weighted by Gasteiger charge is 2.27. The van der Waals surface area contributed by atoms with E-state index in [-0.39, 0.29) is 11.9 Å². The number of aryl methyl sites for hydroxylation is 1. The van der Waals surface area contributed by atoms with E-state index < -0.39 is 12.0 Å². The molecule has 0 bridgehead atoms. The van der Waals surface area contributed by atoms with Crippen LogP contribution < -0.4 is 10.6 Å². The van der Waals surface area contributed by atoms with Gasteiger partial charge in [-0.05, 0) is 19.4 Å². The minimum atomic E-state index is -1.08. The van der Waals surface area contributed by atoms with Gasteiger partial charge in [0.15, 0.2) is 6.04 Å². The van der Waals surface area contributed by atoms with Gasteiger partial charge in [-0.25, -0.2) is 4.79 Å². The average molecular weight is 280 g/mol. The summed E-state index contributed by atoms with van der Waals surface area (Å²) in [5.41, 5.74) is 0.474. The number of carboxylic acid groups (broad SMARTS) is 1. The van der Waals surface area contributed by atoms with E-state index in [2.05, 4.69) is 15.7 Å². The number of nitrogens with one attached hydrogen (secondary N) is 2. The zero-order valence-corrected chi connectivity index (χ0v) is 11.5. The van der Waals surface area contributed by atoms with Crippen LogP contribution in [0.5, 0.6) is 0 Å². The summed E-state index contributed by atoms with van der Waals surface area (Å²) in [6.45, 7) is 0.794. The highest BCUT2D eigenvalue weighted by molar-refractivity contribution is 5.87. The number of hydrogen-bond acceptors (Lipinski definition) is 4. The second-order valence-corrected chi connectivity index (χ2v) is 5.08. The third kappa shape index (κ3) is 3.57. The molecule has 0 radical (unpaired) electrons. The van der Waals surface area contributed by atoms with E-state index in [1.165, 1.54) is 10.9 Å². The molecule has 1 aliphatic heterocycles. The number of rotatable bonds is 4. The summed E-state index contributed by atoms with van der Waals surface area (Å²) >= 11 is 0. The van der Waals surface area contributed by atoms with Crippen molar-refractivity contribution in [2.45, 2.75) is 37.8 Å². The topological polar surface area (TPSA) is 96.2 Å². The molecular weight excluding hydrogens is 260 g/mol. The van der Waals surface area contributed by atoms with Crippen LogP contribution in [0.4, 0.5) is 0 Å². The van der Waals surface area contributed by atoms with Crippen molar-refractivity contribution in [3.05, 3.63) is 18.0 Å². The van der Waals surface area contributed by atoms with Crippen LogP contribution in [0.1, 0.15) is 37.3 Å². The lowest BCUT2D eigenvalue weighted by atomic mass is 10.1. The van der Waals surface area contributed by atoms with Gasteiger partial charge in [0, 0.05) is 18.8 Å². The fraction of sp³-hybridized carbons (Fsp3) is 0.615. The van der Waals surface area contributed by atoms with Gasteiger partial charge in [0.1, 0.15) is 0 Å². The Bertz CT molecular complexity index is 478. The molecule has 2 heterocycles. The molecule has 0 spiro atoms. The Morgan fingerprint density at radius 3 is 2.95 bits per heavy atom. The number of carboxylic acids is 1. The van der Waals surface area contributed by atoms with Gasteiger partial charge in [-0.2, -0.15) is 5.10 Å². The molecule has 20 heavy (non-hydrogen) atoms. The van der Waals surface area contributed by atoms with Crippen molar-refractivity contribution in [2.24, 2.45) is 7.05 Å². The molecule has 1 aromatic rings. The van der Waals surface area contributed by atoms with Crippen LogP contribution in [0.15, 0.2) is 12.4 Å².